The Balaban J connectivity index is 1.63. The van der Waals surface area contributed by atoms with E-state index >= 15 is 0 Å². The summed E-state index contributed by atoms with van der Waals surface area (Å²) in [4.78, 5) is 11.8. The maximum Gasteiger partial charge on any atom is 0.128 e. The third kappa shape index (κ3) is 2.80. The topological polar surface area (TPSA) is 55.0 Å². The molecule has 0 bridgehead atoms. The first-order valence-electron chi connectivity index (χ1n) is 8.57. The number of nitrogens with two attached hydrogens (primary N) is 1. The van der Waals surface area contributed by atoms with E-state index in [4.69, 9.17) is 10.7 Å². The van der Waals surface area contributed by atoms with Gasteiger partial charge in [0, 0.05) is 35.9 Å². The van der Waals surface area contributed by atoms with Gasteiger partial charge in [0.25, 0.3) is 0 Å². The summed E-state index contributed by atoms with van der Waals surface area (Å²) in [6, 6.07) is 14.1. The second-order valence-corrected chi connectivity index (χ2v) is 6.69. The van der Waals surface area contributed by atoms with Gasteiger partial charge >= 0.3 is 0 Å². The highest BCUT2D eigenvalue weighted by atomic mass is 15.2. The van der Waals surface area contributed by atoms with Gasteiger partial charge in [-0.2, -0.15) is 0 Å². The van der Waals surface area contributed by atoms with Crippen LogP contribution in [0.1, 0.15) is 19.8 Å². The van der Waals surface area contributed by atoms with Crippen LogP contribution in [0.2, 0.25) is 0 Å². The number of piperidine rings is 1. The molecule has 1 fully saturated rings. The van der Waals surface area contributed by atoms with Gasteiger partial charge in [-0.25, -0.2) is 9.97 Å². The molecule has 24 heavy (non-hydrogen) atoms. The number of para-hydroxylation sites is 1. The summed E-state index contributed by atoms with van der Waals surface area (Å²) in [7, 11) is 0. The van der Waals surface area contributed by atoms with Gasteiger partial charge in [0.05, 0.1) is 11.2 Å². The van der Waals surface area contributed by atoms with Crippen LogP contribution >= 0.6 is 0 Å². The van der Waals surface area contributed by atoms with Crippen molar-refractivity contribution >= 4 is 22.4 Å². The third-order valence-electron chi connectivity index (χ3n) is 4.90. The van der Waals surface area contributed by atoms with E-state index in [9.17, 15) is 0 Å². The summed E-state index contributed by atoms with van der Waals surface area (Å²) in [6.07, 6.45) is 4.39. The van der Waals surface area contributed by atoms with Crippen molar-refractivity contribution in [2.24, 2.45) is 5.92 Å². The zero-order valence-corrected chi connectivity index (χ0v) is 13.9. The smallest absolute Gasteiger partial charge is 0.128 e. The van der Waals surface area contributed by atoms with Crippen LogP contribution in [0.4, 0.5) is 11.5 Å². The quantitative estimate of drug-likeness (QED) is 0.772. The minimum absolute atomic E-state index is 0.754. The fraction of sp³-hybridized carbons (Fsp3) is 0.300. The molecule has 1 aliphatic heterocycles. The summed E-state index contributed by atoms with van der Waals surface area (Å²) >= 11 is 0. The second-order valence-electron chi connectivity index (χ2n) is 6.69. The van der Waals surface area contributed by atoms with Crippen molar-refractivity contribution in [3.8, 4) is 11.3 Å². The minimum Gasteiger partial charge on any atom is -0.398 e. The third-order valence-corrected chi connectivity index (χ3v) is 4.90. The largest absolute Gasteiger partial charge is 0.398 e. The first-order valence-corrected chi connectivity index (χ1v) is 8.57. The number of fused-ring (bicyclic) bond motifs is 1. The van der Waals surface area contributed by atoms with Crippen LogP contribution < -0.4 is 10.6 Å². The molecule has 4 nitrogen and oxygen atoms in total. The Morgan fingerprint density at radius 1 is 1.08 bits per heavy atom. The molecule has 3 aromatic rings. The van der Waals surface area contributed by atoms with Gasteiger partial charge in [-0.3, -0.25) is 0 Å². The van der Waals surface area contributed by atoms with Gasteiger partial charge in [0.15, 0.2) is 0 Å². The van der Waals surface area contributed by atoms with E-state index in [1.165, 1.54) is 12.8 Å². The average molecular weight is 318 g/mol. The van der Waals surface area contributed by atoms with Crippen molar-refractivity contribution in [3.63, 3.8) is 0 Å². The molecule has 2 N–H and O–H groups in total. The number of nitrogen functional groups attached to an aromatic ring is 1. The Kier molecular flexibility index (Phi) is 3.81. The Morgan fingerprint density at radius 2 is 1.88 bits per heavy atom. The van der Waals surface area contributed by atoms with E-state index in [1.54, 1.807) is 0 Å². The lowest BCUT2D eigenvalue weighted by Gasteiger charge is -2.31. The molecule has 1 aromatic carbocycles. The molecule has 0 aliphatic carbocycles. The number of aromatic nitrogens is 2. The Hall–Kier alpha value is -2.62. The Morgan fingerprint density at radius 3 is 2.62 bits per heavy atom. The van der Waals surface area contributed by atoms with Crippen molar-refractivity contribution in [1.29, 1.82) is 0 Å². The molecule has 1 saturated heterocycles. The van der Waals surface area contributed by atoms with E-state index in [2.05, 4.69) is 28.9 Å². The van der Waals surface area contributed by atoms with Gasteiger partial charge < -0.3 is 10.6 Å². The molecule has 2 aromatic heterocycles. The molecule has 0 spiro atoms. The van der Waals surface area contributed by atoms with Crippen LogP contribution in [0.5, 0.6) is 0 Å². The lowest BCUT2D eigenvalue weighted by atomic mass is 9.99. The predicted molar refractivity (Wildman–Crippen MR) is 100.0 cm³/mol. The van der Waals surface area contributed by atoms with Crippen molar-refractivity contribution in [2.45, 2.75) is 19.8 Å². The molecule has 0 saturated carbocycles. The second kappa shape index (κ2) is 6.11. The number of anilines is 2. The highest BCUT2D eigenvalue weighted by molar-refractivity contribution is 5.92. The Labute approximate surface area is 142 Å². The summed E-state index contributed by atoms with van der Waals surface area (Å²) in [5, 5.41) is 0.994. The molecule has 0 atom stereocenters. The molecule has 0 radical (unpaired) electrons. The molecular weight excluding hydrogens is 296 g/mol. The van der Waals surface area contributed by atoms with Gasteiger partial charge in [-0.05, 0) is 43.0 Å². The highest BCUT2D eigenvalue weighted by Crippen LogP contribution is 2.27. The van der Waals surface area contributed by atoms with Crippen LogP contribution in [-0.2, 0) is 0 Å². The van der Waals surface area contributed by atoms with Crippen molar-refractivity contribution in [2.75, 3.05) is 23.7 Å². The number of nitrogens with zero attached hydrogens (tertiary/aromatic N) is 3. The number of benzene rings is 1. The molecule has 4 heteroatoms. The van der Waals surface area contributed by atoms with E-state index in [0.717, 1.165) is 52.7 Å². The maximum absolute atomic E-state index is 6.19. The molecular formula is C20H22N4. The standard InChI is InChI=1S/C20H22N4/c1-14-8-10-24(11-9-14)20-7-6-15(13-22-20)19-12-17(21)16-4-2-3-5-18(16)23-19/h2-7,12-14H,8-11H2,1H3,(H2,21,23). The molecule has 0 unspecified atom stereocenters. The van der Waals surface area contributed by atoms with Crippen LogP contribution in [0.15, 0.2) is 48.7 Å². The van der Waals surface area contributed by atoms with Gasteiger partial charge in [-0.1, -0.05) is 25.1 Å². The monoisotopic (exact) mass is 318 g/mol. The van der Waals surface area contributed by atoms with E-state index < -0.39 is 0 Å². The number of pyridine rings is 2. The van der Waals surface area contributed by atoms with Gasteiger partial charge in [-0.15, -0.1) is 0 Å². The van der Waals surface area contributed by atoms with Crippen LogP contribution in [0.3, 0.4) is 0 Å². The Bertz CT molecular complexity index is 849. The predicted octanol–water partition coefficient (Wildman–Crippen LogP) is 4.12. The van der Waals surface area contributed by atoms with E-state index in [-0.39, 0.29) is 0 Å². The molecule has 0 amide bonds. The molecule has 3 heterocycles. The SMILES string of the molecule is CC1CCN(c2ccc(-c3cc(N)c4ccccc4n3)cn2)CC1. The normalized spacial score (nSPS) is 15.8. The van der Waals surface area contributed by atoms with Crippen molar-refractivity contribution < 1.29 is 0 Å². The van der Waals surface area contributed by atoms with Crippen LogP contribution in [0.25, 0.3) is 22.2 Å². The zero-order valence-electron chi connectivity index (χ0n) is 13.9. The van der Waals surface area contributed by atoms with E-state index in [0.29, 0.717) is 0 Å². The summed E-state index contributed by atoms with van der Waals surface area (Å²) in [5.41, 5.74) is 9.73. The number of hydrogen-bond donors (Lipinski definition) is 1. The summed E-state index contributed by atoms with van der Waals surface area (Å²) in [5.74, 6) is 1.88. The fourth-order valence-corrected chi connectivity index (χ4v) is 3.31. The molecule has 4 rings (SSSR count). The zero-order chi connectivity index (χ0) is 16.5. The summed E-state index contributed by atoms with van der Waals surface area (Å²) < 4.78 is 0. The lowest BCUT2D eigenvalue weighted by molar-refractivity contribution is 0.436. The maximum atomic E-state index is 6.19. The first kappa shape index (κ1) is 14.9. The van der Waals surface area contributed by atoms with Gasteiger partial charge in [0.2, 0.25) is 0 Å². The van der Waals surface area contributed by atoms with Gasteiger partial charge in [0.1, 0.15) is 5.82 Å². The van der Waals surface area contributed by atoms with Crippen LogP contribution in [-0.4, -0.2) is 23.1 Å². The minimum atomic E-state index is 0.754. The lowest BCUT2D eigenvalue weighted by Crippen LogP contribution is -2.33. The molecule has 122 valence electrons. The van der Waals surface area contributed by atoms with Crippen molar-refractivity contribution in [3.05, 3.63) is 48.7 Å². The first-order chi connectivity index (χ1) is 11.7. The fourth-order valence-electron chi connectivity index (χ4n) is 3.31. The van der Waals surface area contributed by atoms with E-state index in [1.807, 2.05) is 36.5 Å². The van der Waals surface area contributed by atoms with Crippen molar-refractivity contribution in [1.82, 2.24) is 9.97 Å². The highest BCUT2D eigenvalue weighted by Gasteiger charge is 2.17. The average Bonchev–Trinajstić information content (AvgIpc) is 2.62. The van der Waals surface area contributed by atoms with Crippen LogP contribution in [0, 0.1) is 5.92 Å². The molecule has 1 aliphatic rings. The summed E-state index contributed by atoms with van der Waals surface area (Å²) in [6.45, 7) is 4.51. The number of rotatable bonds is 2. The number of hydrogen-bond acceptors (Lipinski definition) is 4.